The number of rotatable bonds is 7. The molecule has 0 spiro atoms. The Morgan fingerprint density at radius 3 is 2.55 bits per heavy atom. The Bertz CT molecular complexity index is 842. The molecular weight excluding hydrogens is 395 g/mol. The molecule has 0 radical (unpaired) electrons. The third-order valence-corrected chi connectivity index (χ3v) is 5.42. The largest absolute Gasteiger partial charge is 0.383 e. The zero-order valence-electron chi connectivity index (χ0n) is 16.2. The van der Waals surface area contributed by atoms with E-state index in [1.807, 2.05) is 12.1 Å². The van der Waals surface area contributed by atoms with Crippen LogP contribution in [0.1, 0.15) is 30.0 Å². The molecule has 29 heavy (non-hydrogen) atoms. The minimum absolute atomic E-state index is 0.0295. The summed E-state index contributed by atoms with van der Waals surface area (Å²) >= 11 is 5.90. The lowest BCUT2D eigenvalue weighted by atomic mass is 9.83. The number of nitrogens with one attached hydrogen (secondary N) is 1. The quantitative estimate of drug-likeness (QED) is 0.745. The van der Waals surface area contributed by atoms with Crippen molar-refractivity contribution >= 4 is 23.4 Å². The number of amides is 2. The van der Waals surface area contributed by atoms with Crippen LogP contribution in [-0.4, -0.2) is 37.0 Å². The van der Waals surface area contributed by atoms with Crippen molar-refractivity contribution in [2.45, 2.75) is 25.4 Å². The molecule has 1 saturated heterocycles. The number of hydrogen-bond donors (Lipinski definition) is 1. The van der Waals surface area contributed by atoms with Gasteiger partial charge in [-0.05, 0) is 41.8 Å². The van der Waals surface area contributed by atoms with Crippen LogP contribution in [0.5, 0.6) is 0 Å². The molecule has 0 saturated carbocycles. The van der Waals surface area contributed by atoms with Crippen molar-refractivity contribution in [3.05, 3.63) is 70.5 Å². The molecule has 2 atom stereocenters. The van der Waals surface area contributed by atoms with Crippen LogP contribution < -0.4 is 5.32 Å². The molecule has 7 heteroatoms. The van der Waals surface area contributed by atoms with Gasteiger partial charge in [0.05, 0.1) is 18.6 Å². The van der Waals surface area contributed by atoms with E-state index in [-0.39, 0.29) is 17.6 Å². The van der Waals surface area contributed by atoms with E-state index >= 15 is 0 Å². The van der Waals surface area contributed by atoms with Crippen molar-refractivity contribution in [2.75, 3.05) is 20.3 Å². The highest BCUT2D eigenvalue weighted by atomic mass is 35.5. The van der Waals surface area contributed by atoms with Gasteiger partial charge in [0.15, 0.2) is 0 Å². The molecule has 0 bridgehead atoms. The molecule has 154 valence electrons. The van der Waals surface area contributed by atoms with Gasteiger partial charge < -0.3 is 15.0 Å². The number of nitrogens with zero attached hydrogens (tertiary/aromatic N) is 1. The van der Waals surface area contributed by atoms with E-state index in [0.29, 0.717) is 37.6 Å². The van der Waals surface area contributed by atoms with Gasteiger partial charge in [-0.1, -0.05) is 35.9 Å². The summed E-state index contributed by atoms with van der Waals surface area (Å²) in [4.78, 5) is 27.3. The van der Waals surface area contributed by atoms with Gasteiger partial charge in [0.2, 0.25) is 11.8 Å². The van der Waals surface area contributed by atoms with Crippen molar-refractivity contribution < 1.29 is 18.7 Å². The van der Waals surface area contributed by atoms with Crippen LogP contribution in [-0.2, 0) is 20.9 Å². The molecule has 1 fully saturated rings. The van der Waals surface area contributed by atoms with Crippen LogP contribution in [0.2, 0.25) is 5.02 Å². The molecular formula is C22H24ClFN2O3. The number of likely N-dealkylation sites (tertiary alicyclic amines) is 1. The fourth-order valence-corrected chi connectivity index (χ4v) is 3.80. The minimum Gasteiger partial charge on any atom is -0.383 e. The minimum atomic E-state index is -0.461. The summed E-state index contributed by atoms with van der Waals surface area (Å²) in [6.45, 7) is 1.11. The Morgan fingerprint density at radius 2 is 1.90 bits per heavy atom. The normalized spacial score (nSPS) is 19.3. The number of methoxy groups -OCH3 is 1. The Balaban J connectivity index is 1.81. The summed E-state index contributed by atoms with van der Waals surface area (Å²) in [5.41, 5.74) is 1.67. The topological polar surface area (TPSA) is 58.6 Å². The highest BCUT2D eigenvalue weighted by Gasteiger charge is 2.40. The summed E-state index contributed by atoms with van der Waals surface area (Å²) in [6, 6.07) is 12.8. The van der Waals surface area contributed by atoms with E-state index in [1.165, 1.54) is 12.1 Å². The van der Waals surface area contributed by atoms with Crippen LogP contribution in [0.15, 0.2) is 48.5 Å². The second-order valence-electron chi connectivity index (χ2n) is 7.07. The van der Waals surface area contributed by atoms with Gasteiger partial charge in [0, 0.05) is 31.6 Å². The predicted octanol–water partition coefficient (Wildman–Crippen LogP) is 3.72. The van der Waals surface area contributed by atoms with E-state index < -0.39 is 12.0 Å². The SMILES string of the molecule is COCCN1C(=O)CC[C@@H](C(=O)NCc2ccc(Cl)cc2)[C@@H]1c1ccc(F)cc1. The summed E-state index contributed by atoms with van der Waals surface area (Å²) in [6.07, 6.45) is 0.733. The first kappa shape index (κ1) is 21.3. The second-order valence-corrected chi connectivity index (χ2v) is 7.50. The maximum atomic E-state index is 13.4. The Kier molecular flexibility index (Phi) is 7.23. The van der Waals surface area contributed by atoms with Crippen LogP contribution >= 0.6 is 11.6 Å². The third kappa shape index (κ3) is 5.34. The van der Waals surface area contributed by atoms with Crippen molar-refractivity contribution in [3.63, 3.8) is 0 Å². The molecule has 1 aliphatic rings. The lowest BCUT2D eigenvalue weighted by molar-refractivity contribution is -0.144. The van der Waals surface area contributed by atoms with Crippen LogP contribution in [0.25, 0.3) is 0 Å². The van der Waals surface area contributed by atoms with Gasteiger partial charge in [-0.3, -0.25) is 9.59 Å². The summed E-state index contributed by atoms with van der Waals surface area (Å²) in [7, 11) is 1.57. The number of piperidine rings is 1. The number of halogens is 2. The highest BCUT2D eigenvalue weighted by molar-refractivity contribution is 6.30. The van der Waals surface area contributed by atoms with Crippen molar-refractivity contribution in [2.24, 2.45) is 5.92 Å². The van der Waals surface area contributed by atoms with Gasteiger partial charge in [-0.25, -0.2) is 4.39 Å². The van der Waals surface area contributed by atoms with E-state index in [9.17, 15) is 14.0 Å². The van der Waals surface area contributed by atoms with Crippen LogP contribution in [0.4, 0.5) is 4.39 Å². The molecule has 2 aromatic carbocycles. The third-order valence-electron chi connectivity index (χ3n) is 5.17. The molecule has 2 amide bonds. The molecule has 0 aliphatic carbocycles. The molecule has 1 heterocycles. The van der Waals surface area contributed by atoms with E-state index in [1.54, 1.807) is 36.3 Å². The summed E-state index contributed by atoms with van der Waals surface area (Å²) in [5.74, 6) is -0.951. The van der Waals surface area contributed by atoms with E-state index in [2.05, 4.69) is 5.32 Å². The lowest BCUT2D eigenvalue weighted by Crippen LogP contribution is -2.49. The monoisotopic (exact) mass is 418 g/mol. The number of hydrogen-bond acceptors (Lipinski definition) is 3. The summed E-state index contributed by atoms with van der Waals surface area (Å²) < 4.78 is 18.6. The van der Waals surface area contributed by atoms with Crippen LogP contribution in [0, 0.1) is 11.7 Å². The van der Waals surface area contributed by atoms with Gasteiger partial charge in [0.25, 0.3) is 0 Å². The van der Waals surface area contributed by atoms with Crippen molar-refractivity contribution in [1.29, 1.82) is 0 Å². The maximum absolute atomic E-state index is 13.4. The van der Waals surface area contributed by atoms with Crippen molar-refractivity contribution in [1.82, 2.24) is 10.2 Å². The molecule has 2 aromatic rings. The zero-order chi connectivity index (χ0) is 20.8. The number of benzene rings is 2. The summed E-state index contributed by atoms with van der Waals surface area (Å²) in [5, 5.41) is 3.60. The number of carbonyl (C=O) groups excluding carboxylic acids is 2. The maximum Gasteiger partial charge on any atom is 0.225 e. The van der Waals surface area contributed by atoms with Crippen LogP contribution in [0.3, 0.4) is 0 Å². The molecule has 0 unspecified atom stereocenters. The first-order chi connectivity index (χ1) is 14.0. The predicted molar refractivity (Wildman–Crippen MR) is 109 cm³/mol. The average molecular weight is 419 g/mol. The fraction of sp³-hybridized carbons (Fsp3) is 0.364. The number of ether oxygens (including phenoxy) is 1. The zero-order valence-corrected chi connectivity index (χ0v) is 17.0. The fourth-order valence-electron chi connectivity index (χ4n) is 3.68. The smallest absolute Gasteiger partial charge is 0.225 e. The Labute approximate surface area is 174 Å². The van der Waals surface area contributed by atoms with Gasteiger partial charge in [-0.15, -0.1) is 0 Å². The first-order valence-electron chi connectivity index (χ1n) is 9.55. The van der Waals surface area contributed by atoms with E-state index in [0.717, 1.165) is 11.1 Å². The van der Waals surface area contributed by atoms with Gasteiger partial charge in [-0.2, -0.15) is 0 Å². The van der Waals surface area contributed by atoms with Gasteiger partial charge in [0.1, 0.15) is 5.82 Å². The number of carbonyl (C=O) groups is 2. The second kappa shape index (κ2) is 9.85. The molecule has 0 aromatic heterocycles. The molecule has 5 nitrogen and oxygen atoms in total. The molecule has 1 aliphatic heterocycles. The van der Waals surface area contributed by atoms with Crippen molar-refractivity contribution in [3.8, 4) is 0 Å². The molecule has 3 rings (SSSR count). The highest BCUT2D eigenvalue weighted by Crippen LogP contribution is 2.37. The molecule has 1 N–H and O–H groups in total. The Hall–Kier alpha value is -2.44. The lowest BCUT2D eigenvalue weighted by Gasteiger charge is -2.40. The first-order valence-corrected chi connectivity index (χ1v) is 9.93. The van der Waals surface area contributed by atoms with E-state index in [4.69, 9.17) is 16.3 Å². The average Bonchev–Trinajstić information content (AvgIpc) is 2.72. The standard InChI is InChI=1S/C22H24ClFN2O3/c1-29-13-12-26-20(27)11-10-19(21(26)16-4-8-18(24)9-5-16)22(28)25-14-15-2-6-17(23)7-3-15/h2-9,19,21H,10-14H2,1H3,(H,25,28)/t19-,21+/m1/s1. The Morgan fingerprint density at radius 1 is 1.21 bits per heavy atom. The van der Waals surface area contributed by atoms with Gasteiger partial charge >= 0.3 is 0 Å².